The number of pyridine rings is 1. The van der Waals surface area contributed by atoms with Crippen LogP contribution in [-0.4, -0.2) is 18.1 Å². The molecule has 1 atom stereocenters. The number of rotatable bonds is 2. The van der Waals surface area contributed by atoms with E-state index in [1.54, 1.807) is 0 Å². The fraction of sp³-hybridized carbons (Fsp3) is 0.545. The van der Waals surface area contributed by atoms with Crippen molar-refractivity contribution >= 4 is 0 Å². The molecule has 0 bridgehead atoms. The third-order valence-corrected chi connectivity index (χ3v) is 2.62. The molecular weight excluding hydrogens is 160 g/mol. The third-order valence-electron chi connectivity index (χ3n) is 2.62. The second-order valence-electron chi connectivity index (χ2n) is 3.93. The Morgan fingerprint density at radius 2 is 2.46 bits per heavy atom. The first kappa shape index (κ1) is 8.70. The van der Waals surface area contributed by atoms with Crippen molar-refractivity contribution < 1.29 is 0 Å². The van der Waals surface area contributed by atoms with E-state index >= 15 is 0 Å². The minimum Gasteiger partial charge on any atom is -0.316 e. The summed E-state index contributed by atoms with van der Waals surface area (Å²) in [4.78, 5) is 4.21. The van der Waals surface area contributed by atoms with Gasteiger partial charge in [-0.1, -0.05) is 6.07 Å². The highest BCUT2D eigenvalue weighted by Crippen LogP contribution is 2.14. The number of aromatic nitrogens is 1. The van der Waals surface area contributed by atoms with E-state index < -0.39 is 0 Å². The van der Waals surface area contributed by atoms with Gasteiger partial charge < -0.3 is 5.32 Å². The van der Waals surface area contributed by atoms with Crippen LogP contribution in [0.2, 0.25) is 0 Å². The highest BCUT2D eigenvalue weighted by Gasteiger charge is 2.14. The zero-order chi connectivity index (χ0) is 9.10. The Balaban J connectivity index is 2.00. The number of hydrogen-bond donors (Lipinski definition) is 1. The van der Waals surface area contributed by atoms with Gasteiger partial charge in [0.25, 0.3) is 0 Å². The molecule has 0 aromatic carbocycles. The summed E-state index contributed by atoms with van der Waals surface area (Å²) in [7, 11) is 0. The molecule has 2 nitrogen and oxygen atoms in total. The molecule has 0 radical (unpaired) electrons. The van der Waals surface area contributed by atoms with Crippen LogP contribution in [0.4, 0.5) is 0 Å². The molecule has 1 aromatic rings. The second-order valence-corrected chi connectivity index (χ2v) is 3.93. The first-order chi connectivity index (χ1) is 6.34. The predicted octanol–water partition coefficient (Wildman–Crippen LogP) is 1.54. The predicted molar refractivity (Wildman–Crippen MR) is 53.7 cm³/mol. The molecule has 0 amide bonds. The van der Waals surface area contributed by atoms with E-state index in [9.17, 15) is 0 Å². The minimum atomic E-state index is 0.823. The monoisotopic (exact) mass is 176 g/mol. The van der Waals surface area contributed by atoms with Gasteiger partial charge in [-0.2, -0.15) is 0 Å². The summed E-state index contributed by atoms with van der Waals surface area (Å²) in [6, 6.07) is 2.24. The molecule has 0 saturated carbocycles. The van der Waals surface area contributed by atoms with Gasteiger partial charge in [0.15, 0.2) is 0 Å². The first-order valence-corrected chi connectivity index (χ1v) is 4.96. The van der Waals surface area contributed by atoms with E-state index in [-0.39, 0.29) is 0 Å². The van der Waals surface area contributed by atoms with E-state index in [1.165, 1.54) is 37.1 Å². The summed E-state index contributed by atoms with van der Waals surface area (Å²) in [5.74, 6) is 0.823. The quantitative estimate of drug-likeness (QED) is 0.739. The van der Waals surface area contributed by atoms with Gasteiger partial charge in [0.2, 0.25) is 0 Å². The molecular formula is C11H16N2. The maximum Gasteiger partial charge on any atom is 0.0300 e. The first-order valence-electron chi connectivity index (χ1n) is 4.96. The summed E-state index contributed by atoms with van der Waals surface area (Å²) in [5, 5.41) is 3.39. The van der Waals surface area contributed by atoms with Crippen molar-refractivity contribution in [1.82, 2.24) is 10.3 Å². The second kappa shape index (κ2) is 3.88. The van der Waals surface area contributed by atoms with Crippen LogP contribution >= 0.6 is 0 Å². The number of nitrogens with one attached hydrogen (secondary N) is 1. The average Bonchev–Trinajstić information content (AvgIpc) is 2.57. The smallest absolute Gasteiger partial charge is 0.0300 e. The summed E-state index contributed by atoms with van der Waals surface area (Å²) in [6.45, 7) is 4.46. The van der Waals surface area contributed by atoms with Crippen LogP contribution in [0, 0.1) is 12.8 Å². The normalized spacial score (nSPS) is 22.1. The van der Waals surface area contributed by atoms with Crippen molar-refractivity contribution in [3.8, 4) is 0 Å². The van der Waals surface area contributed by atoms with Gasteiger partial charge in [0.1, 0.15) is 0 Å². The van der Waals surface area contributed by atoms with Gasteiger partial charge >= 0.3 is 0 Å². The Morgan fingerprint density at radius 3 is 3.15 bits per heavy atom. The van der Waals surface area contributed by atoms with E-state index in [0.717, 1.165) is 5.92 Å². The van der Waals surface area contributed by atoms with Gasteiger partial charge in [-0.05, 0) is 49.9 Å². The molecule has 2 heterocycles. The maximum atomic E-state index is 4.21. The Kier molecular flexibility index (Phi) is 2.60. The summed E-state index contributed by atoms with van der Waals surface area (Å²) >= 11 is 0. The largest absolute Gasteiger partial charge is 0.316 e. The lowest BCUT2D eigenvalue weighted by atomic mass is 9.99. The molecule has 1 aliphatic heterocycles. The molecule has 1 aromatic heterocycles. The van der Waals surface area contributed by atoms with Crippen LogP contribution in [0.1, 0.15) is 17.5 Å². The van der Waals surface area contributed by atoms with Gasteiger partial charge in [0.05, 0.1) is 0 Å². The summed E-state index contributed by atoms with van der Waals surface area (Å²) < 4.78 is 0. The van der Waals surface area contributed by atoms with Crippen molar-refractivity contribution in [2.24, 2.45) is 5.92 Å². The molecule has 0 spiro atoms. The van der Waals surface area contributed by atoms with Crippen LogP contribution < -0.4 is 5.32 Å². The Labute approximate surface area is 79.4 Å². The van der Waals surface area contributed by atoms with Crippen LogP contribution in [0.5, 0.6) is 0 Å². The fourth-order valence-corrected chi connectivity index (χ4v) is 1.95. The van der Waals surface area contributed by atoms with Crippen LogP contribution in [0.15, 0.2) is 18.5 Å². The van der Waals surface area contributed by atoms with Crippen LogP contribution in [0.25, 0.3) is 0 Å². The highest BCUT2D eigenvalue weighted by molar-refractivity contribution is 5.17. The van der Waals surface area contributed by atoms with Crippen molar-refractivity contribution in [2.75, 3.05) is 13.1 Å². The maximum absolute atomic E-state index is 4.21. The lowest BCUT2D eigenvalue weighted by Gasteiger charge is -2.07. The van der Waals surface area contributed by atoms with E-state index in [0.29, 0.717) is 0 Å². The molecule has 1 unspecified atom stereocenters. The minimum absolute atomic E-state index is 0.823. The van der Waals surface area contributed by atoms with Gasteiger partial charge in [-0.15, -0.1) is 0 Å². The lowest BCUT2D eigenvalue weighted by Crippen LogP contribution is -2.10. The molecule has 2 heteroatoms. The third kappa shape index (κ3) is 2.28. The molecule has 0 aliphatic carbocycles. The van der Waals surface area contributed by atoms with E-state index in [2.05, 4.69) is 23.3 Å². The topological polar surface area (TPSA) is 24.9 Å². The van der Waals surface area contributed by atoms with Crippen molar-refractivity contribution in [1.29, 1.82) is 0 Å². The van der Waals surface area contributed by atoms with Crippen LogP contribution in [-0.2, 0) is 6.42 Å². The van der Waals surface area contributed by atoms with Gasteiger partial charge in [-0.25, -0.2) is 0 Å². The Hall–Kier alpha value is -0.890. The molecule has 2 rings (SSSR count). The summed E-state index contributed by atoms with van der Waals surface area (Å²) in [5.41, 5.74) is 2.65. The lowest BCUT2D eigenvalue weighted by molar-refractivity contribution is 0.579. The number of nitrogens with zero attached hydrogens (tertiary/aromatic N) is 1. The average molecular weight is 176 g/mol. The SMILES string of the molecule is Cc1cncc(CC2CCNC2)c1. The molecule has 1 N–H and O–H groups in total. The zero-order valence-electron chi connectivity index (χ0n) is 8.09. The van der Waals surface area contributed by atoms with Crippen molar-refractivity contribution in [3.63, 3.8) is 0 Å². The van der Waals surface area contributed by atoms with E-state index in [1.807, 2.05) is 12.4 Å². The molecule has 1 saturated heterocycles. The Morgan fingerprint density at radius 1 is 1.54 bits per heavy atom. The van der Waals surface area contributed by atoms with E-state index in [4.69, 9.17) is 0 Å². The Bertz CT molecular complexity index is 277. The molecule has 1 aliphatic rings. The van der Waals surface area contributed by atoms with Crippen LogP contribution in [0.3, 0.4) is 0 Å². The molecule has 1 fully saturated rings. The van der Waals surface area contributed by atoms with Gasteiger partial charge in [-0.3, -0.25) is 4.98 Å². The number of aryl methyl sites for hydroxylation is 1. The fourth-order valence-electron chi connectivity index (χ4n) is 1.95. The number of hydrogen-bond acceptors (Lipinski definition) is 2. The van der Waals surface area contributed by atoms with Crippen molar-refractivity contribution in [3.05, 3.63) is 29.6 Å². The van der Waals surface area contributed by atoms with Crippen molar-refractivity contribution in [2.45, 2.75) is 19.8 Å². The zero-order valence-corrected chi connectivity index (χ0v) is 8.09. The summed E-state index contributed by atoms with van der Waals surface area (Å²) in [6.07, 6.45) is 6.40. The molecule has 70 valence electrons. The van der Waals surface area contributed by atoms with Gasteiger partial charge in [0, 0.05) is 12.4 Å². The standard InChI is InChI=1S/C11H16N2/c1-9-4-11(8-13-6-9)5-10-2-3-12-7-10/h4,6,8,10,12H,2-3,5,7H2,1H3. The highest BCUT2D eigenvalue weighted by atomic mass is 14.9. The molecule has 13 heavy (non-hydrogen) atoms.